The van der Waals surface area contributed by atoms with Crippen LogP contribution in [0.15, 0.2) is 48.2 Å². The molecule has 3 rings (SSSR count). The van der Waals surface area contributed by atoms with E-state index in [1.54, 1.807) is 30.3 Å². The maximum Gasteiger partial charge on any atom is 0.167 e. The summed E-state index contributed by atoms with van der Waals surface area (Å²) in [6.45, 7) is -0.504. The van der Waals surface area contributed by atoms with Crippen LogP contribution < -0.4 is 4.74 Å². The number of halogens is 1. The summed E-state index contributed by atoms with van der Waals surface area (Å²) in [5.41, 5.74) is 2.25. The molecule has 2 aromatic rings. The molecule has 0 saturated carbocycles. The van der Waals surface area contributed by atoms with Crippen LogP contribution in [-0.4, -0.2) is 45.3 Å². The Labute approximate surface area is 161 Å². The van der Waals surface area contributed by atoms with E-state index in [4.69, 9.17) is 21.1 Å². The van der Waals surface area contributed by atoms with Crippen LogP contribution in [0.25, 0.3) is 5.76 Å². The molecule has 8 heteroatoms. The van der Waals surface area contributed by atoms with E-state index in [1.807, 2.05) is 12.1 Å². The minimum atomic E-state index is -1.54. The Morgan fingerprint density at radius 3 is 2.39 bits per heavy atom. The zero-order chi connectivity index (χ0) is 19.6. The third-order valence-corrected chi connectivity index (χ3v) is 4.83. The molecule has 3 atom stereocenters. The Hall–Kier alpha value is -3.25. The van der Waals surface area contributed by atoms with E-state index in [1.165, 1.54) is 0 Å². The zero-order valence-electron chi connectivity index (χ0n) is 14.7. The summed E-state index contributed by atoms with van der Waals surface area (Å²) in [6, 6.07) is 12.4. The SMILES string of the molecule is [CH2-]Oc1ccc(Cc2cc(C3=C(O)C(O)[C@H](O)C(CO)O3)ccc2Cl)cc1.[Cm]. The van der Waals surface area contributed by atoms with Crippen LogP contribution in [-0.2, 0) is 11.2 Å². The van der Waals surface area contributed by atoms with E-state index in [2.05, 4.69) is 7.11 Å². The topological polar surface area (TPSA) is 99.4 Å². The van der Waals surface area contributed by atoms with Crippen molar-refractivity contribution in [3.05, 3.63) is 77.0 Å². The van der Waals surface area contributed by atoms with Gasteiger partial charge in [0.15, 0.2) is 17.6 Å². The van der Waals surface area contributed by atoms with Crippen LogP contribution >= 0.6 is 11.6 Å². The monoisotopic (exact) mass is 634 g/mol. The summed E-state index contributed by atoms with van der Waals surface area (Å²) in [5.74, 6) is 0.162. The van der Waals surface area contributed by atoms with E-state index in [0.29, 0.717) is 22.8 Å². The summed E-state index contributed by atoms with van der Waals surface area (Å²) in [5, 5.41) is 39.9. The molecule has 6 nitrogen and oxygen atoms in total. The standard InChI is InChI=1S/C20H20ClO6.Cm/c1-26-14-5-2-11(3-6-14)8-13-9-12(4-7-15(13)21)20-19(25)18(24)17(23)16(10-22)27-20;/h2-7,9,16-18,22-25H,1,8,10H2;/q-1;/t16?,17-,18?;/m1./s1. The Morgan fingerprint density at radius 1 is 1.11 bits per heavy atom. The van der Waals surface area contributed by atoms with E-state index in [0.717, 1.165) is 11.1 Å². The summed E-state index contributed by atoms with van der Waals surface area (Å²) in [7, 11) is 3.36. The minimum Gasteiger partial charge on any atom is -0.665 e. The maximum atomic E-state index is 10.2. The third-order valence-electron chi connectivity index (χ3n) is 4.46. The summed E-state index contributed by atoms with van der Waals surface area (Å²) in [6.07, 6.45) is -3.48. The van der Waals surface area contributed by atoms with Crippen LogP contribution in [0.4, 0.5) is 0 Å². The first-order valence-electron chi connectivity index (χ1n) is 8.31. The maximum absolute atomic E-state index is 10.2. The van der Waals surface area contributed by atoms with Crippen LogP contribution in [0.1, 0.15) is 16.7 Å². The Kier molecular flexibility index (Phi) is 6.49. The van der Waals surface area contributed by atoms with Crippen molar-refractivity contribution in [2.75, 3.05) is 6.61 Å². The van der Waals surface area contributed by atoms with Crippen molar-refractivity contribution in [1.82, 2.24) is 0 Å². The molecule has 0 aliphatic carbocycles. The smallest absolute Gasteiger partial charge is 0.167 e. The van der Waals surface area contributed by atoms with E-state index < -0.39 is 30.7 Å². The van der Waals surface area contributed by atoms with Crippen LogP contribution in [0, 0.1) is 7.11 Å². The fraction of sp³-hybridized carbons (Fsp3) is 0.250. The van der Waals surface area contributed by atoms with Gasteiger partial charge in [-0.05, 0) is 47.9 Å². The van der Waals surface area contributed by atoms with E-state index in [-0.39, 0.29) is 5.76 Å². The van der Waals surface area contributed by atoms with Crippen molar-refractivity contribution in [3.63, 3.8) is 0 Å². The van der Waals surface area contributed by atoms with Crippen molar-refractivity contribution in [3.8, 4) is 5.75 Å². The molecule has 0 aromatic heterocycles. The van der Waals surface area contributed by atoms with Gasteiger partial charge in [0, 0.05) is 10.6 Å². The van der Waals surface area contributed by atoms with Crippen molar-refractivity contribution in [2.24, 2.45) is 0 Å². The van der Waals surface area contributed by atoms with Gasteiger partial charge in [-0.25, -0.2) is 0 Å². The molecule has 0 fully saturated rings. The van der Waals surface area contributed by atoms with Crippen LogP contribution in [0.2, 0.25) is 5.02 Å². The molecule has 28 heavy (non-hydrogen) atoms. The summed E-state index contributed by atoms with van der Waals surface area (Å²) in [4.78, 5) is 0. The van der Waals surface area contributed by atoms with Crippen molar-refractivity contribution >= 4 is 17.4 Å². The fourth-order valence-corrected chi connectivity index (χ4v) is 3.10. The van der Waals surface area contributed by atoms with Gasteiger partial charge < -0.3 is 29.9 Å². The van der Waals surface area contributed by atoms with Gasteiger partial charge in [-0.2, -0.15) is 7.11 Å². The molecule has 0 amide bonds. The van der Waals surface area contributed by atoms with Crippen LogP contribution in [0.3, 0.4) is 0 Å². The molecule has 152 valence electrons. The van der Waals surface area contributed by atoms with Gasteiger partial charge >= 0.3 is 0 Å². The molecule has 0 saturated heterocycles. The molecule has 0 spiro atoms. The van der Waals surface area contributed by atoms with Crippen molar-refractivity contribution < 1.29 is 29.9 Å². The Morgan fingerprint density at radius 2 is 1.79 bits per heavy atom. The first-order valence-corrected chi connectivity index (χ1v) is 8.69. The molecular weight excluding hydrogens is 619 g/mol. The second-order valence-corrected chi connectivity index (χ2v) is 6.67. The Balaban J connectivity index is 0.00000280. The van der Waals surface area contributed by atoms with Gasteiger partial charge in [-0.15, -0.1) is 0 Å². The second-order valence-electron chi connectivity index (χ2n) is 6.26. The van der Waals surface area contributed by atoms with Crippen molar-refractivity contribution in [2.45, 2.75) is 24.7 Å². The fourth-order valence-electron chi connectivity index (χ4n) is 2.92. The molecule has 2 unspecified atom stereocenters. The molecule has 2 aromatic carbocycles. The van der Waals surface area contributed by atoms with Crippen LogP contribution in [0.5, 0.6) is 5.75 Å². The molecule has 1 aliphatic heterocycles. The summed E-state index contributed by atoms with van der Waals surface area (Å²) >= 11 is 6.30. The predicted octanol–water partition coefficient (Wildman–Crippen LogP) is 2.44. The van der Waals surface area contributed by atoms with Crippen molar-refractivity contribution in [1.29, 1.82) is 0 Å². The molecule has 1 heterocycles. The predicted molar refractivity (Wildman–Crippen MR) is 100 cm³/mol. The quantitative estimate of drug-likeness (QED) is 0.376. The number of aliphatic hydroxyl groups excluding tert-OH is 4. The minimum absolute atomic E-state index is 0. The third kappa shape index (κ3) is 4.02. The number of aliphatic hydroxyl groups is 4. The summed E-state index contributed by atoms with van der Waals surface area (Å²) < 4.78 is 10.4. The molecule has 4 N–H and O–H groups in total. The number of hydrogen-bond acceptors (Lipinski definition) is 6. The molecular formula is C20H20ClCmO6-. The number of ether oxygens (including phenoxy) is 2. The van der Waals surface area contributed by atoms with Gasteiger partial charge in [0.25, 0.3) is 0 Å². The van der Waals surface area contributed by atoms with Gasteiger partial charge in [0.05, 0.1) is 12.4 Å². The van der Waals surface area contributed by atoms with Gasteiger partial charge in [0.2, 0.25) is 0 Å². The largest absolute Gasteiger partial charge is 0.665 e. The second kappa shape index (κ2) is 8.63. The molecule has 0 bridgehead atoms. The van der Waals surface area contributed by atoms with Gasteiger partial charge in [-0.1, -0.05) is 23.7 Å². The zero-order valence-corrected chi connectivity index (χ0v) is 18.4. The normalized spacial score (nSPS) is 21.7. The van der Waals surface area contributed by atoms with E-state index in [9.17, 15) is 20.4 Å². The number of hydrogen-bond donors (Lipinski definition) is 4. The number of rotatable bonds is 5. The molecule has 1 aliphatic rings. The molecule has 0 radical (unpaired) electrons. The van der Waals surface area contributed by atoms with E-state index >= 15 is 0 Å². The van der Waals surface area contributed by atoms with Gasteiger partial charge in [-0.3, -0.25) is 0 Å². The average Bonchev–Trinajstić information content (AvgIpc) is 2.69. The Bertz CT molecular complexity index is 839. The first kappa shape index (κ1) is 21.1. The van der Waals surface area contributed by atoms with Gasteiger partial charge in [0.1, 0.15) is 12.2 Å². The number of benzene rings is 2. The first-order chi connectivity index (χ1) is 12.9. The average molecular weight is 639 g/mol.